The summed E-state index contributed by atoms with van der Waals surface area (Å²) < 4.78 is 0. The van der Waals surface area contributed by atoms with E-state index in [2.05, 4.69) is 33.2 Å². The highest BCUT2D eigenvalue weighted by molar-refractivity contribution is 5.85. The summed E-state index contributed by atoms with van der Waals surface area (Å²) in [5, 5.41) is 3.36. The highest BCUT2D eigenvalue weighted by atomic mass is 35.5. The van der Waals surface area contributed by atoms with E-state index in [1.54, 1.807) is 6.33 Å². The van der Waals surface area contributed by atoms with Gasteiger partial charge in [-0.3, -0.25) is 4.79 Å². The van der Waals surface area contributed by atoms with Crippen molar-refractivity contribution >= 4 is 24.1 Å². The third-order valence-corrected chi connectivity index (χ3v) is 6.95. The van der Waals surface area contributed by atoms with E-state index in [4.69, 9.17) is 5.73 Å². The van der Waals surface area contributed by atoms with Crippen LogP contribution in [0.3, 0.4) is 0 Å². The summed E-state index contributed by atoms with van der Waals surface area (Å²) in [6.45, 7) is 3.94. The molecular weight excluding hydrogens is 374 g/mol. The third-order valence-electron chi connectivity index (χ3n) is 6.95. The number of halogens is 1. The van der Waals surface area contributed by atoms with Gasteiger partial charge in [0.1, 0.15) is 12.1 Å². The van der Waals surface area contributed by atoms with E-state index < -0.39 is 0 Å². The zero-order chi connectivity index (χ0) is 18.8. The Morgan fingerprint density at radius 1 is 1.21 bits per heavy atom. The summed E-state index contributed by atoms with van der Waals surface area (Å²) >= 11 is 0. The number of carbonyl (C=O) groups excluding carboxylic acids is 1. The Morgan fingerprint density at radius 3 is 2.68 bits per heavy atom. The Labute approximate surface area is 174 Å². The van der Waals surface area contributed by atoms with Crippen molar-refractivity contribution in [1.82, 2.24) is 15.3 Å². The predicted octanol–water partition coefficient (Wildman–Crippen LogP) is 2.70. The van der Waals surface area contributed by atoms with Crippen LogP contribution in [0.4, 0.5) is 5.82 Å². The van der Waals surface area contributed by atoms with Gasteiger partial charge in [-0.1, -0.05) is 13.3 Å². The Bertz CT molecular complexity index is 658. The molecule has 7 heteroatoms. The van der Waals surface area contributed by atoms with Crippen molar-refractivity contribution in [2.75, 3.05) is 18.0 Å². The first kappa shape index (κ1) is 21.3. The number of aromatic nitrogens is 2. The SMILES string of the molecule is CCc1cc(N2CCCC(NC(=O)C3CC4CCCC(C3)C4N)C2)ncn1.Cl. The van der Waals surface area contributed by atoms with E-state index >= 15 is 0 Å². The van der Waals surface area contributed by atoms with Crippen molar-refractivity contribution in [3.05, 3.63) is 18.1 Å². The summed E-state index contributed by atoms with van der Waals surface area (Å²) in [6, 6.07) is 2.61. The van der Waals surface area contributed by atoms with Crippen LogP contribution in [-0.4, -0.2) is 41.0 Å². The second-order valence-electron chi connectivity index (χ2n) is 8.71. The van der Waals surface area contributed by atoms with Gasteiger partial charge in [-0.05, 0) is 56.8 Å². The number of piperidine rings is 1. The van der Waals surface area contributed by atoms with Crippen LogP contribution in [-0.2, 0) is 11.2 Å². The standard InChI is InChI=1S/C21H33N5O.ClH/c1-2-17-11-19(24-13-23-17)26-8-4-7-18(12-26)25-21(27)16-9-14-5-3-6-15(10-16)20(14)22;/h11,13-16,18,20H,2-10,12,22H2,1H3,(H,25,27);1H. The first-order chi connectivity index (χ1) is 13.1. The van der Waals surface area contributed by atoms with E-state index in [-0.39, 0.29) is 30.3 Å². The number of fused-ring (bicyclic) bond motifs is 2. The molecule has 1 amide bonds. The second kappa shape index (κ2) is 9.40. The van der Waals surface area contributed by atoms with Gasteiger partial charge in [0.25, 0.3) is 0 Å². The van der Waals surface area contributed by atoms with Gasteiger partial charge < -0.3 is 16.0 Å². The Balaban J connectivity index is 0.00000225. The normalized spacial score (nSPS) is 32.4. The lowest BCUT2D eigenvalue weighted by atomic mass is 9.65. The van der Waals surface area contributed by atoms with E-state index in [0.717, 1.165) is 56.7 Å². The fourth-order valence-corrected chi connectivity index (χ4v) is 5.38. The number of amides is 1. The molecule has 1 saturated heterocycles. The topological polar surface area (TPSA) is 84.1 Å². The molecule has 1 aromatic rings. The van der Waals surface area contributed by atoms with Crippen molar-refractivity contribution in [2.45, 2.75) is 70.4 Å². The summed E-state index contributed by atoms with van der Waals surface area (Å²) in [5.41, 5.74) is 7.45. The maximum Gasteiger partial charge on any atom is 0.223 e. The predicted molar refractivity (Wildman–Crippen MR) is 114 cm³/mol. The molecule has 2 saturated carbocycles. The smallest absolute Gasteiger partial charge is 0.223 e. The summed E-state index contributed by atoms with van der Waals surface area (Å²) in [4.78, 5) is 24.0. The lowest BCUT2D eigenvalue weighted by molar-refractivity contribution is -0.128. The van der Waals surface area contributed by atoms with Crippen LogP contribution in [0.5, 0.6) is 0 Å². The van der Waals surface area contributed by atoms with E-state index in [1.165, 1.54) is 19.3 Å². The number of carbonyl (C=O) groups is 1. The summed E-state index contributed by atoms with van der Waals surface area (Å²) in [7, 11) is 0. The molecule has 28 heavy (non-hydrogen) atoms. The van der Waals surface area contributed by atoms with Crippen LogP contribution >= 0.6 is 12.4 Å². The van der Waals surface area contributed by atoms with Gasteiger partial charge in [-0.15, -0.1) is 12.4 Å². The van der Waals surface area contributed by atoms with Gasteiger partial charge in [0.2, 0.25) is 5.91 Å². The number of hydrogen-bond acceptors (Lipinski definition) is 5. The molecule has 3 fully saturated rings. The number of nitrogens with two attached hydrogens (primary N) is 1. The van der Waals surface area contributed by atoms with Crippen molar-refractivity contribution in [3.8, 4) is 0 Å². The second-order valence-corrected chi connectivity index (χ2v) is 8.71. The Morgan fingerprint density at radius 2 is 1.96 bits per heavy atom. The van der Waals surface area contributed by atoms with Gasteiger partial charge in [0.05, 0.1) is 0 Å². The molecule has 2 heterocycles. The average molecular weight is 408 g/mol. The first-order valence-corrected chi connectivity index (χ1v) is 10.8. The minimum atomic E-state index is 0. The molecule has 0 radical (unpaired) electrons. The number of anilines is 1. The number of hydrogen-bond donors (Lipinski definition) is 2. The number of nitrogens with one attached hydrogen (secondary N) is 1. The molecule has 3 atom stereocenters. The third kappa shape index (κ3) is 4.60. The molecule has 0 aromatic carbocycles. The molecule has 2 bridgehead atoms. The molecule has 3 N–H and O–H groups in total. The number of rotatable bonds is 4. The van der Waals surface area contributed by atoms with Crippen molar-refractivity contribution in [2.24, 2.45) is 23.5 Å². The van der Waals surface area contributed by atoms with Crippen LogP contribution in [0.2, 0.25) is 0 Å². The fraction of sp³-hybridized carbons (Fsp3) is 0.762. The summed E-state index contributed by atoms with van der Waals surface area (Å²) in [5.74, 6) is 2.48. The molecule has 0 spiro atoms. The maximum atomic E-state index is 13.0. The molecule has 2 aliphatic carbocycles. The minimum Gasteiger partial charge on any atom is -0.354 e. The Hall–Kier alpha value is -1.40. The molecule has 6 nitrogen and oxygen atoms in total. The van der Waals surface area contributed by atoms with E-state index in [0.29, 0.717) is 17.9 Å². The van der Waals surface area contributed by atoms with Gasteiger partial charge in [-0.25, -0.2) is 9.97 Å². The summed E-state index contributed by atoms with van der Waals surface area (Å²) in [6.07, 6.45) is 10.3. The number of nitrogens with zero attached hydrogens (tertiary/aromatic N) is 3. The molecular formula is C21H34ClN5O. The van der Waals surface area contributed by atoms with Crippen LogP contribution in [0.15, 0.2) is 12.4 Å². The van der Waals surface area contributed by atoms with E-state index in [9.17, 15) is 4.79 Å². The zero-order valence-corrected chi connectivity index (χ0v) is 17.7. The van der Waals surface area contributed by atoms with Gasteiger partial charge in [0.15, 0.2) is 0 Å². The van der Waals surface area contributed by atoms with Gasteiger partial charge in [-0.2, -0.15) is 0 Å². The molecule has 3 unspecified atom stereocenters. The molecule has 1 aliphatic heterocycles. The number of aryl methyl sites for hydroxylation is 1. The Kier molecular flexibility index (Phi) is 7.15. The highest BCUT2D eigenvalue weighted by Crippen LogP contribution is 2.42. The quantitative estimate of drug-likeness (QED) is 0.801. The maximum absolute atomic E-state index is 13.0. The highest BCUT2D eigenvalue weighted by Gasteiger charge is 2.41. The lowest BCUT2D eigenvalue weighted by Crippen LogP contribution is -2.53. The average Bonchev–Trinajstić information content (AvgIpc) is 2.68. The lowest BCUT2D eigenvalue weighted by Gasteiger charge is -2.44. The van der Waals surface area contributed by atoms with Crippen LogP contribution < -0.4 is 16.0 Å². The fourth-order valence-electron chi connectivity index (χ4n) is 5.38. The zero-order valence-electron chi connectivity index (χ0n) is 16.8. The van der Waals surface area contributed by atoms with Crippen LogP contribution in [0.25, 0.3) is 0 Å². The molecule has 1 aromatic heterocycles. The minimum absolute atomic E-state index is 0. The van der Waals surface area contributed by atoms with Gasteiger partial charge in [0, 0.05) is 42.9 Å². The van der Waals surface area contributed by atoms with E-state index in [1.807, 2.05) is 0 Å². The molecule has 156 valence electrons. The van der Waals surface area contributed by atoms with Crippen molar-refractivity contribution in [1.29, 1.82) is 0 Å². The monoisotopic (exact) mass is 407 g/mol. The van der Waals surface area contributed by atoms with Gasteiger partial charge >= 0.3 is 0 Å². The largest absolute Gasteiger partial charge is 0.354 e. The molecule has 3 aliphatic rings. The molecule has 4 rings (SSSR count). The van der Waals surface area contributed by atoms with Crippen LogP contribution in [0, 0.1) is 17.8 Å². The first-order valence-electron chi connectivity index (χ1n) is 10.8. The van der Waals surface area contributed by atoms with Crippen molar-refractivity contribution < 1.29 is 4.79 Å². The van der Waals surface area contributed by atoms with Crippen LogP contribution in [0.1, 0.15) is 57.6 Å². The van der Waals surface area contributed by atoms with Crippen molar-refractivity contribution in [3.63, 3.8) is 0 Å².